The predicted octanol–water partition coefficient (Wildman–Crippen LogP) is 3.69. The van der Waals surface area contributed by atoms with E-state index in [2.05, 4.69) is 22.4 Å². The van der Waals surface area contributed by atoms with Crippen LogP contribution in [0.1, 0.15) is 40.6 Å². The molecule has 0 bridgehead atoms. The summed E-state index contributed by atoms with van der Waals surface area (Å²) in [6.45, 7) is 2.89. The van der Waals surface area contributed by atoms with Gasteiger partial charge in [-0.05, 0) is 57.6 Å². The Hall–Kier alpha value is -3.26. The highest BCUT2D eigenvalue weighted by Gasteiger charge is 2.25. The number of rotatable bonds is 3. The molecule has 4 heterocycles. The zero-order valence-corrected chi connectivity index (χ0v) is 17.2. The van der Waals surface area contributed by atoms with Crippen molar-refractivity contribution < 1.29 is 9.18 Å². The van der Waals surface area contributed by atoms with Gasteiger partial charge in [0.1, 0.15) is 11.5 Å². The van der Waals surface area contributed by atoms with Gasteiger partial charge in [0.15, 0.2) is 0 Å². The quantitative estimate of drug-likeness (QED) is 0.564. The fourth-order valence-electron chi connectivity index (χ4n) is 4.35. The van der Waals surface area contributed by atoms with Crippen LogP contribution in [0, 0.1) is 12.7 Å². The molecule has 0 aliphatic carbocycles. The minimum absolute atomic E-state index is 0.00972. The van der Waals surface area contributed by atoms with Crippen LogP contribution in [0.3, 0.4) is 0 Å². The number of fused-ring (bicyclic) bond motifs is 2. The summed E-state index contributed by atoms with van der Waals surface area (Å²) < 4.78 is 18.2. The molecular weight excluding hydrogens is 383 g/mol. The van der Waals surface area contributed by atoms with Crippen molar-refractivity contribution in [2.24, 2.45) is 7.05 Å². The molecule has 0 spiro atoms. The Morgan fingerprint density at radius 2 is 2.07 bits per heavy atom. The number of benzene rings is 1. The number of imidazole rings is 1. The van der Waals surface area contributed by atoms with Gasteiger partial charge in [-0.25, -0.2) is 9.37 Å². The number of pyridine rings is 1. The molecule has 0 radical (unpaired) electrons. The van der Waals surface area contributed by atoms with Gasteiger partial charge in [0.05, 0.1) is 34.2 Å². The third-order valence-electron chi connectivity index (χ3n) is 5.96. The average Bonchev–Trinajstić information content (AvgIpc) is 3.38. The van der Waals surface area contributed by atoms with Gasteiger partial charge in [0, 0.05) is 24.8 Å². The Morgan fingerprint density at radius 3 is 2.83 bits per heavy atom. The molecule has 7 nitrogen and oxygen atoms in total. The molecule has 8 heteroatoms. The van der Waals surface area contributed by atoms with Crippen LogP contribution in [0.5, 0.6) is 0 Å². The molecule has 1 aliphatic rings. The molecule has 1 atom stereocenters. The first kappa shape index (κ1) is 18.7. The maximum Gasteiger partial charge on any atom is 0.258 e. The Kier molecular flexibility index (Phi) is 4.32. The molecular formula is C22H23FN6O. The number of hydrogen-bond donors (Lipinski definition) is 1. The van der Waals surface area contributed by atoms with E-state index in [1.165, 1.54) is 12.5 Å². The topological polar surface area (TPSA) is 67.5 Å². The van der Waals surface area contributed by atoms with Crippen LogP contribution < -0.4 is 5.32 Å². The molecule has 4 aromatic rings. The summed E-state index contributed by atoms with van der Waals surface area (Å²) in [5, 5.41) is 7.80. The van der Waals surface area contributed by atoms with Crippen molar-refractivity contribution in [3.63, 3.8) is 0 Å². The fourth-order valence-corrected chi connectivity index (χ4v) is 4.35. The summed E-state index contributed by atoms with van der Waals surface area (Å²) in [5.41, 5.74) is 3.87. The number of halogens is 1. The van der Waals surface area contributed by atoms with Crippen molar-refractivity contribution in [2.45, 2.75) is 25.8 Å². The lowest BCUT2D eigenvalue weighted by molar-refractivity contribution is 0.102. The van der Waals surface area contributed by atoms with Crippen molar-refractivity contribution in [1.29, 1.82) is 0 Å². The Labute approximate surface area is 173 Å². The van der Waals surface area contributed by atoms with Gasteiger partial charge in [-0.1, -0.05) is 0 Å². The summed E-state index contributed by atoms with van der Waals surface area (Å²) in [6.07, 6.45) is 6.08. The Morgan fingerprint density at radius 1 is 1.23 bits per heavy atom. The molecule has 0 saturated carbocycles. The van der Waals surface area contributed by atoms with Crippen LogP contribution in [0.2, 0.25) is 0 Å². The lowest BCUT2D eigenvalue weighted by Crippen LogP contribution is -2.17. The van der Waals surface area contributed by atoms with E-state index in [-0.39, 0.29) is 5.56 Å². The molecule has 1 amide bonds. The smallest absolute Gasteiger partial charge is 0.258 e. The van der Waals surface area contributed by atoms with E-state index in [1.54, 1.807) is 23.9 Å². The number of amides is 1. The van der Waals surface area contributed by atoms with E-state index in [0.29, 0.717) is 17.1 Å². The number of likely N-dealkylation sites (tertiary alicyclic amines) is 1. The number of nitrogens with zero attached hydrogens (tertiary/aromatic N) is 5. The second-order valence-corrected chi connectivity index (χ2v) is 8.00. The summed E-state index contributed by atoms with van der Waals surface area (Å²) >= 11 is 0. The van der Waals surface area contributed by atoms with Gasteiger partial charge in [-0.3, -0.25) is 14.4 Å². The molecule has 1 unspecified atom stereocenters. The van der Waals surface area contributed by atoms with Crippen LogP contribution in [0.15, 0.2) is 36.7 Å². The summed E-state index contributed by atoms with van der Waals surface area (Å²) in [5.74, 6) is -1.06. The van der Waals surface area contributed by atoms with Crippen molar-refractivity contribution >= 4 is 28.1 Å². The standard InChI is InChI=1S/C22H23FN6O/c1-13-15-9-17(23)16(10-20(15)28(3)26-13)22(30)24-14-6-7-21-25-18(12-29(21)11-14)19-5-4-8-27(19)2/h6-7,9-12,19H,4-5,8H2,1-3H3,(H,24,30). The van der Waals surface area contributed by atoms with Crippen molar-refractivity contribution in [3.8, 4) is 0 Å². The van der Waals surface area contributed by atoms with Gasteiger partial charge >= 0.3 is 0 Å². The second-order valence-electron chi connectivity index (χ2n) is 8.00. The van der Waals surface area contributed by atoms with Crippen LogP contribution >= 0.6 is 0 Å². The fraction of sp³-hybridized carbons (Fsp3) is 0.318. The third-order valence-corrected chi connectivity index (χ3v) is 5.96. The van der Waals surface area contributed by atoms with Gasteiger partial charge in [-0.15, -0.1) is 0 Å². The zero-order valence-electron chi connectivity index (χ0n) is 17.2. The minimum atomic E-state index is -0.564. The number of carbonyl (C=O) groups excluding carboxylic acids is 1. The number of anilines is 1. The molecule has 1 fully saturated rings. The summed E-state index contributed by atoms with van der Waals surface area (Å²) in [6, 6.07) is 6.89. The monoisotopic (exact) mass is 406 g/mol. The van der Waals surface area contributed by atoms with Gasteiger partial charge in [0.25, 0.3) is 5.91 Å². The Bertz CT molecular complexity index is 1290. The maximum atomic E-state index is 14.6. The van der Waals surface area contributed by atoms with Crippen LogP contribution in [-0.2, 0) is 7.05 Å². The number of aryl methyl sites for hydroxylation is 2. The van der Waals surface area contributed by atoms with Crippen LogP contribution in [0.4, 0.5) is 10.1 Å². The first-order chi connectivity index (χ1) is 14.4. The van der Waals surface area contributed by atoms with E-state index in [9.17, 15) is 9.18 Å². The molecule has 3 aromatic heterocycles. The average molecular weight is 406 g/mol. The van der Waals surface area contributed by atoms with E-state index < -0.39 is 11.7 Å². The first-order valence-electron chi connectivity index (χ1n) is 10.0. The van der Waals surface area contributed by atoms with E-state index in [0.717, 1.165) is 35.5 Å². The Balaban J connectivity index is 1.44. The highest BCUT2D eigenvalue weighted by molar-refractivity contribution is 6.06. The van der Waals surface area contributed by atoms with Gasteiger partial charge in [0.2, 0.25) is 0 Å². The normalized spacial score (nSPS) is 17.3. The lowest BCUT2D eigenvalue weighted by Gasteiger charge is -2.16. The molecule has 1 saturated heterocycles. The number of hydrogen-bond acceptors (Lipinski definition) is 4. The molecule has 30 heavy (non-hydrogen) atoms. The molecule has 1 N–H and O–H groups in total. The van der Waals surface area contributed by atoms with Gasteiger partial charge < -0.3 is 9.72 Å². The second kappa shape index (κ2) is 6.91. The van der Waals surface area contributed by atoms with Crippen LogP contribution in [0.25, 0.3) is 16.6 Å². The molecule has 1 aromatic carbocycles. The maximum absolute atomic E-state index is 14.6. The van der Waals surface area contributed by atoms with Gasteiger partial charge in [-0.2, -0.15) is 5.10 Å². The molecule has 154 valence electrons. The third kappa shape index (κ3) is 3.04. The summed E-state index contributed by atoms with van der Waals surface area (Å²) in [4.78, 5) is 19.8. The molecule has 5 rings (SSSR count). The first-order valence-corrected chi connectivity index (χ1v) is 10.0. The summed E-state index contributed by atoms with van der Waals surface area (Å²) in [7, 11) is 3.89. The largest absolute Gasteiger partial charge is 0.321 e. The molecule has 1 aliphatic heterocycles. The number of carbonyl (C=O) groups is 1. The van der Waals surface area contributed by atoms with Crippen molar-refractivity contribution in [2.75, 3.05) is 18.9 Å². The highest BCUT2D eigenvalue weighted by atomic mass is 19.1. The van der Waals surface area contributed by atoms with Crippen molar-refractivity contribution in [3.05, 3.63) is 59.4 Å². The van der Waals surface area contributed by atoms with Crippen molar-refractivity contribution in [1.82, 2.24) is 24.1 Å². The SMILES string of the molecule is Cc1nn(C)c2cc(C(=O)Nc3ccc4nc(C5CCCN5C)cn4c3)c(F)cc12. The number of aromatic nitrogens is 4. The van der Waals surface area contributed by atoms with E-state index in [1.807, 2.05) is 29.8 Å². The highest BCUT2D eigenvalue weighted by Crippen LogP contribution is 2.30. The number of nitrogens with one attached hydrogen (secondary N) is 1. The zero-order chi connectivity index (χ0) is 21.0. The van der Waals surface area contributed by atoms with Crippen LogP contribution in [-0.4, -0.2) is 43.6 Å². The van der Waals surface area contributed by atoms with E-state index >= 15 is 0 Å². The lowest BCUT2D eigenvalue weighted by atomic mass is 10.1. The minimum Gasteiger partial charge on any atom is -0.321 e. The predicted molar refractivity (Wildman–Crippen MR) is 113 cm³/mol. The van der Waals surface area contributed by atoms with E-state index in [4.69, 9.17) is 4.98 Å².